The molecule has 2 heterocycles. The molecule has 0 spiro atoms. The first-order chi connectivity index (χ1) is 8.77. The SMILES string of the molecule is O=C(NCC1COCCO1)C(=O)N1CCNCC1. The van der Waals surface area contributed by atoms with Gasteiger partial charge < -0.3 is 25.0 Å². The minimum atomic E-state index is -0.564. The Labute approximate surface area is 106 Å². The van der Waals surface area contributed by atoms with Crippen LogP contribution < -0.4 is 10.6 Å². The van der Waals surface area contributed by atoms with E-state index in [4.69, 9.17) is 9.47 Å². The first-order valence-electron chi connectivity index (χ1n) is 6.24. The van der Waals surface area contributed by atoms with Crippen LogP contribution in [0.4, 0.5) is 0 Å². The molecule has 0 aromatic rings. The Hall–Kier alpha value is -1.18. The van der Waals surface area contributed by atoms with Gasteiger partial charge in [0, 0.05) is 32.7 Å². The Balaban J connectivity index is 1.71. The molecule has 1 unspecified atom stereocenters. The smallest absolute Gasteiger partial charge is 0.311 e. The van der Waals surface area contributed by atoms with Crippen molar-refractivity contribution in [1.82, 2.24) is 15.5 Å². The van der Waals surface area contributed by atoms with E-state index in [1.54, 1.807) is 4.90 Å². The van der Waals surface area contributed by atoms with Crippen molar-refractivity contribution in [2.24, 2.45) is 0 Å². The van der Waals surface area contributed by atoms with Crippen molar-refractivity contribution >= 4 is 11.8 Å². The lowest BCUT2D eigenvalue weighted by Gasteiger charge is -2.27. The third-order valence-corrected chi connectivity index (χ3v) is 2.97. The number of piperazine rings is 1. The largest absolute Gasteiger partial charge is 0.376 e. The second-order valence-electron chi connectivity index (χ2n) is 4.32. The van der Waals surface area contributed by atoms with Gasteiger partial charge in [-0.2, -0.15) is 0 Å². The molecule has 2 amide bonds. The minimum Gasteiger partial charge on any atom is -0.376 e. The quantitative estimate of drug-likeness (QED) is 0.557. The van der Waals surface area contributed by atoms with E-state index in [0.717, 1.165) is 13.1 Å². The van der Waals surface area contributed by atoms with E-state index in [1.807, 2.05) is 0 Å². The summed E-state index contributed by atoms with van der Waals surface area (Å²) in [5, 5.41) is 5.72. The molecule has 0 aliphatic carbocycles. The molecule has 2 rings (SSSR count). The van der Waals surface area contributed by atoms with Gasteiger partial charge in [-0.25, -0.2) is 0 Å². The van der Waals surface area contributed by atoms with Crippen LogP contribution in [-0.4, -0.2) is 75.4 Å². The van der Waals surface area contributed by atoms with Crippen molar-refractivity contribution in [2.45, 2.75) is 6.10 Å². The van der Waals surface area contributed by atoms with Crippen molar-refractivity contribution in [2.75, 3.05) is 52.5 Å². The van der Waals surface area contributed by atoms with Gasteiger partial charge in [-0.3, -0.25) is 9.59 Å². The third-order valence-electron chi connectivity index (χ3n) is 2.97. The average Bonchev–Trinajstić information content (AvgIpc) is 2.46. The van der Waals surface area contributed by atoms with Gasteiger partial charge in [-0.15, -0.1) is 0 Å². The summed E-state index contributed by atoms with van der Waals surface area (Å²) in [5.74, 6) is -1.03. The van der Waals surface area contributed by atoms with E-state index in [0.29, 0.717) is 39.5 Å². The first kappa shape index (κ1) is 13.3. The molecule has 102 valence electrons. The molecule has 0 bridgehead atoms. The molecule has 18 heavy (non-hydrogen) atoms. The molecule has 7 nitrogen and oxygen atoms in total. The molecule has 2 N–H and O–H groups in total. The van der Waals surface area contributed by atoms with Crippen LogP contribution in [0.3, 0.4) is 0 Å². The number of rotatable bonds is 2. The summed E-state index contributed by atoms with van der Waals surface area (Å²) in [4.78, 5) is 25.0. The van der Waals surface area contributed by atoms with Crippen LogP contribution in [0, 0.1) is 0 Å². The number of amides is 2. The number of carbonyl (C=O) groups is 2. The van der Waals surface area contributed by atoms with E-state index in [1.165, 1.54) is 0 Å². The zero-order chi connectivity index (χ0) is 12.8. The first-order valence-corrected chi connectivity index (χ1v) is 6.24. The topological polar surface area (TPSA) is 79.9 Å². The maximum atomic E-state index is 11.8. The summed E-state index contributed by atoms with van der Waals surface area (Å²) in [7, 11) is 0. The Morgan fingerprint density at radius 3 is 2.72 bits per heavy atom. The van der Waals surface area contributed by atoms with Gasteiger partial charge in [0.05, 0.1) is 25.9 Å². The second kappa shape index (κ2) is 6.67. The third kappa shape index (κ3) is 3.66. The Kier molecular flexibility index (Phi) is 4.91. The average molecular weight is 257 g/mol. The van der Waals surface area contributed by atoms with Crippen molar-refractivity contribution in [1.29, 1.82) is 0 Å². The molecule has 2 saturated heterocycles. The van der Waals surface area contributed by atoms with E-state index in [-0.39, 0.29) is 6.10 Å². The highest BCUT2D eigenvalue weighted by molar-refractivity contribution is 6.35. The van der Waals surface area contributed by atoms with Crippen molar-refractivity contribution in [3.05, 3.63) is 0 Å². The van der Waals surface area contributed by atoms with Gasteiger partial charge in [-0.05, 0) is 0 Å². The highest BCUT2D eigenvalue weighted by Crippen LogP contribution is 1.99. The van der Waals surface area contributed by atoms with E-state index >= 15 is 0 Å². The van der Waals surface area contributed by atoms with Crippen LogP contribution in [0.25, 0.3) is 0 Å². The predicted molar refractivity (Wildman–Crippen MR) is 63.0 cm³/mol. The van der Waals surface area contributed by atoms with Gasteiger partial charge in [0.2, 0.25) is 0 Å². The maximum Gasteiger partial charge on any atom is 0.311 e. The molecule has 0 radical (unpaired) electrons. The number of hydrogen-bond acceptors (Lipinski definition) is 5. The highest BCUT2D eigenvalue weighted by atomic mass is 16.6. The van der Waals surface area contributed by atoms with Crippen molar-refractivity contribution in [3.8, 4) is 0 Å². The van der Waals surface area contributed by atoms with Gasteiger partial charge in [0.15, 0.2) is 0 Å². The minimum absolute atomic E-state index is 0.154. The molecule has 1 atom stereocenters. The molecule has 0 aromatic heterocycles. The molecule has 0 saturated carbocycles. The van der Waals surface area contributed by atoms with Gasteiger partial charge in [0.25, 0.3) is 0 Å². The normalized spacial score (nSPS) is 24.7. The fourth-order valence-corrected chi connectivity index (χ4v) is 1.95. The summed E-state index contributed by atoms with van der Waals surface area (Å²) < 4.78 is 10.6. The van der Waals surface area contributed by atoms with Crippen LogP contribution in [0.1, 0.15) is 0 Å². The van der Waals surface area contributed by atoms with Crippen molar-refractivity contribution in [3.63, 3.8) is 0 Å². The van der Waals surface area contributed by atoms with Crippen molar-refractivity contribution < 1.29 is 19.1 Å². The lowest BCUT2D eigenvalue weighted by atomic mass is 10.3. The van der Waals surface area contributed by atoms with E-state index in [9.17, 15) is 9.59 Å². The predicted octanol–water partition coefficient (Wildman–Crippen LogP) is -2.05. The monoisotopic (exact) mass is 257 g/mol. The molecule has 7 heteroatoms. The molecule has 2 aliphatic rings. The molecular weight excluding hydrogens is 238 g/mol. The highest BCUT2D eigenvalue weighted by Gasteiger charge is 2.24. The number of hydrogen-bond donors (Lipinski definition) is 2. The lowest BCUT2D eigenvalue weighted by Crippen LogP contribution is -2.52. The summed E-state index contributed by atoms with van der Waals surface area (Å²) in [6.45, 7) is 4.52. The fourth-order valence-electron chi connectivity index (χ4n) is 1.95. The maximum absolute atomic E-state index is 11.8. The lowest BCUT2D eigenvalue weighted by molar-refractivity contribution is -0.147. The van der Waals surface area contributed by atoms with Crippen LogP contribution >= 0.6 is 0 Å². The summed E-state index contributed by atoms with van der Waals surface area (Å²) >= 11 is 0. The fraction of sp³-hybridized carbons (Fsp3) is 0.818. The number of nitrogens with zero attached hydrogens (tertiary/aromatic N) is 1. The van der Waals surface area contributed by atoms with Crippen LogP contribution in [0.2, 0.25) is 0 Å². The molecule has 2 fully saturated rings. The van der Waals surface area contributed by atoms with Gasteiger partial charge >= 0.3 is 11.8 Å². The Morgan fingerprint density at radius 1 is 1.28 bits per heavy atom. The second-order valence-corrected chi connectivity index (χ2v) is 4.32. The van der Waals surface area contributed by atoms with Crippen LogP contribution in [0.15, 0.2) is 0 Å². The number of ether oxygens (including phenoxy) is 2. The van der Waals surface area contributed by atoms with Gasteiger partial charge in [0.1, 0.15) is 0 Å². The molecule has 2 aliphatic heterocycles. The Morgan fingerprint density at radius 2 is 2.06 bits per heavy atom. The van der Waals surface area contributed by atoms with Crippen LogP contribution in [0.5, 0.6) is 0 Å². The summed E-state index contributed by atoms with van der Waals surface area (Å²) in [5.41, 5.74) is 0. The van der Waals surface area contributed by atoms with E-state index < -0.39 is 11.8 Å². The summed E-state index contributed by atoms with van der Waals surface area (Å²) in [6, 6.07) is 0. The number of carbonyl (C=O) groups excluding carboxylic acids is 2. The van der Waals surface area contributed by atoms with Gasteiger partial charge in [-0.1, -0.05) is 0 Å². The summed E-state index contributed by atoms with van der Waals surface area (Å²) in [6.07, 6.45) is -0.154. The Bertz CT molecular complexity index is 299. The van der Waals surface area contributed by atoms with E-state index in [2.05, 4.69) is 10.6 Å². The number of nitrogens with one attached hydrogen (secondary N) is 2. The molecule has 0 aromatic carbocycles. The zero-order valence-corrected chi connectivity index (χ0v) is 10.3. The molecular formula is C11H19N3O4. The van der Waals surface area contributed by atoms with Crippen LogP contribution in [-0.2, 0) is 19.1 Å². The zero-order valence-electron chi connectivity index (χ0n) is 10.3. The standard InChI is InChI=1S/C11H19N3O4/c15-10(11(16)14-3-1-12-2-4-14)13-7-9-8-17-5-6-18-9/h9,12H,1-8H2,(H,13,15).